The molecule has 0 radical (unpaired) electrons. The molecule has 0 aliphatic heterocycles. The third-order valence-corrected chi connectivity index (χ3v) is 2.96. The van der Waals surface area contributed by atoms with E-state index in [2.05, 4.69) is 38.1 Å². The van der Waals surface area contributed by atoms with Crippen LogP contribution >= 0.6 is 0 Å². The molecule has 2 heteroatoms. The summed E-state index contributed by atoms with van der Waals surface area (Å²) in [6.07, 6.45) is 1.27. The van der Waals surface area contributed by atoms with Crippen molar-refractivity contribution in [3.8, 4) is 5.75 Å². The van der Waals surface area contributed by atoms with Crippen LogP contribution < -0.4 is 10.5 Å². The van der Waals surface area contributed by atoms with Crippen molar-refractivity contribution in [1.29, 1.82) is 0 Å². The lowest BCUT2D eigenvalue weighted by Gasteiger charge is -2.21. The molecule has 0 saturated heterocycles. The van der Waals surface area contributed by atoms with Gasteiger partial charge >= 0.3 is 0 Å². The fourth-order valence-electron chi connectivity index (χ4n) is 2.13. The van der Waals surface area contributed by atoms with Crippen molar-refractivity contribution in [2.24, 2.45) is 11.7 Å². The second kappa shape index (κ2) is 6.65. The highest BCUT2D eigenvalue weighted by atomic mass is 16.5. The highest BCUT2D eigenvalue weighted by Gasteiger charge is 2.14. The molecule has 0 aromatic heterocycles. The minimum Gasteiger partial charge on any atom is -0.491 e. The zero-order chi connectivity index (χ0) is 12.8. The van der Waals surface area contributed by atoms with Crippen molar-refractivity contribution in [3.63, 3.8) is 0 Å². The molecule has 1 atom stereocenters. The van der Waals surface area contributed by atoms with E-state index in [-0.39, 0.29) is 6.10 Å². The average Bonchev–Trinajstić information content (AvgIpc) is 2.26. The van der Waals surface area contributed by atoms with Crippen LogP contribution in [0, 0.1) is 5.92 Å². The molecular weight excluding hydrogens is 210 g/mol. The van der Waals surface area contributed by atoms with E-state index in [1.165, 1.54) is 5.56 Å². The standard InChI is InChI=1S/C15H25NO/c1-11(2)15(9-10-16)13-5-7-14(8-6-13)17-12(3)4/h5-8,11-12,15H,9-10,16H2,1-4H3. The van der Waals surface area contributed by atoms with Gasteiger partial charge in [0.1, 0.15) is 5.75 Å². The van der Waals surface area contributed by atoms with E-state index in [0.717, 1.165) is 18.7 Å². The summed E-state index contributed by atoms with van der Waals surface area (Å²) in [6, 6.07) is 8.44. The molecule has 2 N–H and O–H groups in total. The second-order valence-electron chi connectivity index (χ2n) is 5.16. The van der Waals surface area contributed by atoms with Gasteiger partial charge in [0.15, 0.2) is 0 Å². The average molecular weight is 235 g/mol. The summed E-state index contributed by atoms with van der Waals surface area (Å²) in [7, 11) is 0. The molecule has 0 spiro atoms. The van der Waals surface area contributed by atoms with Crippen molar-refractivity contribution in [2.45, 2.75) is 46.1 Å². The predicted octanol–water partition coefficient (Wildman–Crippen LogP) is 3.56. The van der Waals surface area contributed by atoms with Gasteiger partial charge < -0.3 is 10.5 Å². The molecule has 1 unspecified atom stereocenters. The largest absolute Gasteiger partial charge is 0.491 e. The Kier molecular flexibility index (Phi) is 5.49. The van der Waals surface area contributed by atoms with E-state index < -0.39 is 0 Å². The fraction of sp³-hybridized carbons (Fsp3) is 0.600. The van der Waals surface area contributed by atoms with Crippen LogP contribution in [0.15, 0.2) is 24.3 Å². The third-order valence-electron chi connectivity index (χ3n) is 2.96. The van der Waals surface area contributed by atoms with Gasteiger partial charge in [0.25, 0.3) is 0 Å². The summed E-state index contributed by atoms with van der Waals surface area (Å²) >= 11 is 0. The fourth-order valence-corrected chi connectivity index (χ4v) is 2.13. The van der Waals surface area contributed by atoms with Gasteiger partial charge in [0.05, 0.1) is 6.10 Å². The Morgan fingerprint density at radius 1 is 1.06 bits per heavy atom. The van der Waals surface area contributed by atoms with Crippen LogP contribution in [-0.4, -0.2) is 12.6 Å². The topological polar surface area (TPSA) is 35.2 Å². The Morgan fingerprint density at radius 2 is 1.65 bits per heavy atom. The van der Waals surface area contributed by atoms with Crippen LogP contribution in [-0.2, 0) is 0 Å². The minimum atomic E-state index is 0.228. The van der Waals surface area contributed by atoms with Gasteiger partial charge in [-0.25, -0.2) is 0 Å². The molecule has 1 aromatic carbocycles. The van der Waals surface area contributed by atoms with Gasteiger partial charge in [-0.3, -0.25) is 0 Å². The lowest BCUT2D eigenvalue weighted by atomic mass is 9.86. The highest BCUT2D eigenvalue weighted by molar-refractivity contribution is 5.29. The summed E-state index contributed by atoms with van der Waals surface area (Å²) in [5.74, 6) is 2.11. The van der Waals surface area contributed by atoms with E-state index in [1.54, 1.807) is 0 Å². The third kappa shape index (κ3) is 4.39. The Balaban J connectivity index is 2.77. The first-order valence-electron chi connectivity index (χ1n) is 6.51. The molecule has 0 fully saturated rings. The predicted molar refractivity (Wildman–Crippen MR) is 73.5 cm³/mol. The van der Waals surface area contributed by atoms with E-state index in [4.69, 9.17) is 10.5 Å². The molecule has 0 aliphatic rings. The van der Waals surface area contributed by atoms with E-state index in [9.17, 15) is 0 Å². The van der Waals surface area contributed by atoms with Gasteiger partial charge in [0.2, 0.25) is 0 Å². The van der Waals surface area contributed by atoms with Crippen molar-refractivity contribution < 1.29 is 4.74 Å². The van der Waals surface area contributed by atoms with Crippen molar-refractivity contribution in [3.05, 3.63) is 29.8 Å². The quantitative estimate of drug-likeness (QED) is 0.818. The SMILES string of the molecule is CC(C)Oc1ccc(C(CCN)C(C)C)cc1. The number of nitrogens with two attached hydrogens (primary N) is 1. The van der Waals surface area contributed by atoms with Crippen molar-refractivity contribution in [1.82, 2.24) is 0 Å². The lowest BCUT2D eigenvalue weighted by molar-refractivity contribution is 0.242. The highest BCUT2D eigenvalue weighted by Crippen LogP contribution is 2.28. The molecular formula is C15H25NO. The Hall–Kier alpha value is -1.02. The smallest absolute Gasteiger partial charge is 0.119 e. The van der Waals surface area contributed by atoms with E-state index in [0.29, 0.717) is 11.8 Å². The van der Waals surface area contributed by atoms with Crippen LogP contribution in [0.2, 0.25) is 0 Å². The summed E-state index contributed by atoms with van der Waals surface area (Å²) in [5, 5.41) is 0. The zero-order valence-electron chi connectivity index (χ0n) is 11.4. The molecule has 96 valence electrons. The molecule has 1 aromatic rings. The first kappa shape index (κ1) is 14.0. The van der Waals surface area contributed by atoms with Crippen LogP contribution in [0.4, 0.5) is 0 Å². The number of benzene rings is 1. The van der Waals surface area contributed by atoms with E-state index in [1.807, 2.05) is 13.8 Å². The molecule has 1 rings (SSSR count). The lowest BCUT2D eigenvalue weighted by Crippen LogP contribution is -2.12. The molecule has 0 amide bonds. The summed E-state index contributed by atoms with van der Waals surface area (Å²) < 4.78 is 5.64. The van der Waals surface area contributed by atoms with Crippen LogP contribution in [0.1, 0.15) is 45.6 Å². The maximum Gasteiger partial charge on any atom is 0.119 e. The zero-order valence-corrected chi connectivity index (χ0v) is 11.4. The van der Waals surface area contributed by atoms with Crippen LogP contribution in [0.3, 0.4) is 0 Å². The molecule has 0 saturated carbocycles. The van der Waals surface area contributed by atoms with Gasteiger partial charge in [-0.05, 0) is 56.3 Å². The molecule has 2 nitrogen and oxygen atoms in total. The number of hydrogen-bond acceptors (Lipinski definition) is 2. The number of ether oxygens (including phenoxy) is 1. The number of hydrogen-bond donors (Lipinski definition) is 1. The van der Waals surface area contributed by atoms with Crippen molar-refractivity contribution in [2.75, 3.05) is 6.54 Å². The number of rotatable bonds is 6. The van der Waals surface area contributed by atoms with Crippen LogP contribution in [0.25, 0.3) is 0 Å². The molecule has 0 heterocycles. The van der Waals surface area contributed by atoms with Gasteiger partial charge in [-0.1, -0.05) is 26.0 Å². The molecule has 0 aliphatic carbocycles. The maximum atomic E-state index is 5.68. The van der Waals surface area contributed by atoms with Crippen LogP contribution in [0.5, 0.6) is 5.75 Å². The van der Waals surface area contributed by atoms with Gasteiger partial charge in [0, 0.05) is 0 Å². The minimum absolute atomic E-state index is 0.228. The Labute approximate surface area is 105 Å². The first-order chi connectivity index (χ1) is 8.04. The monoisotopic (exact) mass is 235 g/mol. The van der Waals surface area contributed by atoms with Crippen molar-refractivity contribution >= 4 is 0 Å². The summed E-state index contributed by atoms with van der Waals surface area (Å²) in [6.45, 7) is 9.32. The Morgan fingerprint density at radius 3 is 2.06 bits per heavy atom. The first-order valence-corrected chi connectivity index (χ1v) is 6.51. The normalized spacial score (nSPS) is 13.1. The summed E-state index contributed by atoms with van der Waals surface area (Å²) in [5.41, 5.74) is 7.04. The maximum absolute atomic E-state index is 5.68. The van der Waals surface area contributed by atoms with Gasteiger partial charge in [-0.2, -0.15) is 0 Å². The second-order valence-corrected chi connectivity index (χ2v) is 5.16. The van der Waals surface area contributed by atoms with Gasteiger partial charge in [-0.15, -0.1) is 0 Å². The Bertz CT molecular complexity index is 316. The molecule has 0 bridgehead atoms. The molecule has 17 heavy (non-hydrogen) atoms. The van der Waals surface area contributed by atoms with E-state index >= 15 is 0 Å². The summed E-state index contributed by atoms with van der Waals surface area (Å²) in [4.78, 5) is 0.